The lowest BCUT2D eigenvalue weighted by atomic mass is 9.92. The van der Waals surface area contributed by atoms with E-state index in [0.29, 0.717) is 25.3 Å². The molecule has 2 bridgehead atoms. The Kier molecular flexibility index (Phi) is 4.56. The first-order valence-electron chi connectivity index (χ1n) is 9.42. The Bertz CT molecular complexity index is 803. The number of aromatic nitrogens is 2. The molecule has 0 saturated carbocycles. The van der Waals surface area contributed by atoms with Crippen LogP contribution in [0, 0.1) is 5.92 Å². The van der Waals surface area contributed by atoms with Crippen molar-refractivity contribution in [1.82, 2.24) is 23.7 Å². The molecule has 5 rings (SSSR count). The third kappa shape index (κ3) is 2.95. The lowest BCUT2D eigenvalue weighted by Crippen LogP contribution is -2.48. The van der Waals surface area contributed by atoms with Crippen LogP contribution in [-0.4, -0.2) is 77.8 Å². The number of H-pyrrole nitrogens is 1. The number of aryl methyl sites for hydroxylation is 1. The van der Waals surface area contributed by atoms with Gasteiger partial charge >= 0.3 is 0 Å². The Labute approximate surface area is 154 Å². The number of nitrogens with zero attached hydrogens (tertiary/aromatic N) is 4. The standard InChI is InChI=1S/C17H27N5O3S/c1-20(2)26(24,25)21-9-12-7-8-13(11-21)22(10-12)17(23)16-14-5-3-4-6-15(14)18-19-16/h12-13H,3-11H2,1-2H3,(H,18,19)/t12-,13+/m1/s1. The number of amides is 1. The zero-order valence-corrected chi connectivity index (χ0v) is 16.3. The average molecular weight is 382 g/mol. The van der Waals surface area contributed by atoms with Gasteiger partial charge in [0.05, 0.1) is 0 Å². The zero-order chi connectivity index (χ0) is 18.5. The molecule has 8 nitrogen and oxygen atoms in total. The first-order valence-corrected chi connectivity index (χ1v) is 10.8. The van der Waals surface area contributed by atoms with Gasteiger partial charge in [0, 0.05) is 51.0 Å². The number of rotatable bonds is 3. The molecule has 1 N–H and O–H groups in total. The summed E-state index contributed by atoms with van der Waals surface area (Å²) < 4.78 is 28.0. The summed E-state index contributed by atoms with van der Waals surface area (Å²) in [5.74, 6) is 0.144. The van der Waals surface area contributed by atoms with Crippen LogP contribution in [0.15, 0.2) is 0 Å². The van der Waals surface area contributed by atoms with Crippen LogP contribution in [0.3, 0.4) is 0 Å². The van der Waals surface area contributed by atoms with Crippen LogP contribution in [0.1, 0.15) is 47.4 Å². The maximum Gasteiger partial charge on any atom is 0.281 e. The van der Waals surface area contributed by atoms with E-state index in [1.165, 1.54) is 4.31 Å². The Morgan fingerprint density at radius 1 is 1.15 bits per heavy atom. The number of piperidine rings is 1. The minimum Gasteiger partial charge on any atom is -0.333 e. The van der Waals surface area contributed by atoms with E-state index in [2.05, 4.69) is 10.2 Å². The maximum absolute atomic E-state index is 13.2. The van der Waals surface area contributed by atoms with Crippen LogP contribution < -0.4 is 0 Å². The van der Waals surface area contributed by atoms with Crippen molar-refractivity contribution >= 4 is 16.1 Å². The minimum absolute atomic E-state index is 0.0387. The number of carbonyl (C=O) groups excluding carboxylic acids is 1. The molecule has 1 aromatic rings. The monoisotopic (exact) mass is 381 g/mol. The third-order valence-corrected chi connectivity index (χ3v) is 7.86. The molecule has 1 amide bonds. The molecule has 4 aliphatic rings. The molecule has 4 heterocycles. The Balaban J connectivity index is 1.59. The molecule has 26 heavy (non-hydrogen) atoms. The van der Waals surface area contributed by atoms with Gasteiger partial charge in [-0.1, -0.05) is 0 Å². The van der Waals surface area contributed by atoms with E-state index in [-0.39, 0.29) is 17.9 Å². The zero-order valence-electron chi connectivity index (χ0n) is 15.4. The molecule has 2 atom stereocenters. The van der Waals surface area contributed by atoms with Gasteiger partial charge in [-0.25, -0.2) is 0 Å². The van der Waals surface area contributed by atoms with Crippen molar-refractivity contribution in [2.45, 2.75) is 44.6 Å². The summed E-state index contributed by atoms with van der Waals surface area (Å²) in [5.41, 5.74) is 2.71. The number of carbonyl (C=O) groups is 1. The van der Waals surface area contributed by atoms with Crippen LogP contribution in [-0.2, 0) is 23.1 Å². The highest BCUT2D eigenvalue weighted by atomic mass is 32.2. The fourth-order valence-corrected chi connectivity index (χ4v) is 5.72. The highest BCUT2D eigenvalue weighted by Gasteiger charge is 2.42. The second-order valence-corrected chi connectivity index (χ2v) is 10.0. The summed E-state index contributed by atoms with van der Waals surface area (Å²) in [6, 6.07) is -0.0769. The molecular formula is C17H27N5O3S. The molecule has 3 saturated heterocycles. The molecule has 0 spiro atoms. The second-order valence-electron chi connectivity index (χ2n) is 7.90. The van der Waals surface area contributed by atoms with Crippen molar-refractivity contribution in [3.05, 3.63) is 17.0 Å². The molecule has 1 aliphatic carbocycles. The fraction of sp³-hybridized carbons (Fsp3) is 0.765. The van der Waals surface area contributed by atoms with Gasteiger partial charge in [-0.15, -0.1) is 0 Å². The van der Waals surface area contributed by atoms with Gasteiger partial charge in [-0.2, -0.15) is 22.1 Å². The summed E-state index contributed by atoms with van der Waals surface area (Å²) in [7, 11) is -0.346. The van der Waals surface area contributed by atoms with Crippen molar-refractivity contribution in [1.29, 1.82) is 0 Å². The highest BCUT2D eigenvalue weighted by molar-refractivity contribution is 7.86. The minimum atomic E-state index is -3.46. The van der Waals surface area contributed by atoms with Gasteiger partial charge in [-0.05, 0) is 44.4 Å². The van der Waals surface area contributed by atoms with Crippen molar-refractivity contribution in [3.63, 3.8) is 0 Å². The van der Waals surface area contributed by atoms with Crippen LogP contribution in [0.2, 0.25) is 0 Å². The predicted molar refractivity (Wildman–Crippen MR) is 97.0 cm³/mol. The second kappa shape index (κ2) is 6.61. The van der Waals surface area contributed by atoms with E-state index in [0.717, 1.165) is 49.8 Å². The normalized spacial score (nSPS) is 26.8. The molecule has 0 aromatic carbocycles. The van der Waals surface area contributed by atoms with Crippen molar-refractivity contribution in [2.75, 3.05) is 33.7 Å². The number of hydrogen-bond acceptors (Lipinski definition) is 4. The SMILES string of the molecule is CN(C)S(=O)(=O)N1C[C@H]2CC[C@@H](C1)N(C(=O)c1n[nH]c3c1CCCC3)C2. The summed E-state index contributed by atoms with van der Waals surface area (Å²) in [4.78, 5) is 15.1. The molecule has 9 heteroatoms. The first kappa shape index (κ1) is 17.9. The Morgan fingerprint density at radius 3 is 2.69 bits per heavy atom. The number of fused-ring (bicyclic) bond motifs is 5. The topological polar surface area (TPSA) is 89.6 Å². The maximum atomic E-state index is 13.2. The predicted octanol–water partition coefficient (Wildman–Crippen LogP) is 0.631. The molecule has 1 aromatic heterocycles. The molecule has 3 fully saturated rings. The van der Waals surface area contributed by atoms with E-state index < -0.39 is 10.2 Å². The third-order valence-electron chi connectivity index (χ3n) is 5.99. The van der Waals surface area contributed by atoms with E-state index in [9.17, 15) is 13.2 Å². The summed E-state index contributed by atoms with van der Waals surface area (Å²) in [6.07, 6.45) is 5.89. The fourth-order valence-electron chi connectivity index (χ4n) is 4.50. The van der Waals surface area contributed by atoms with Crippen LogP contribution in [0.5, 0.6) is 0 Å². The van der Waals surface area contributed by atoms with Gasteiger partial charge in [-0.3, -0.25) is 9.89 Å². The molecule has 0 radical (unpaired) electrons. The summed E-state index contributed by atoms with van der Waals surface area (Å²) in [6.45, 7) is 1.47. The Morgan fingerprint density at radius 2 is 1.92 bits per heavy atom. The number of hydrogen-bond donors (Lipinski definition) is 1. The lowest BCUT2D eigenvalue weighted by molar-refractivity contribution is 0.0581. The number of nitrogens with one attached hydrogen (secondary N) is 1. The molecule has 144 valence electrons. The first-order chi connectivity index (χ1) is 12.4. The van der Waals surface area contributed by atoms with Gasteiger partial charge < -0.3 is 4.90 Å². The quantitative estimate of drug-likeness (QED) is 0.832. The van der Waals surface area contributed by atoms with Crippen molar-refractivity contribution in [2.24, 2.45) is 5.92 Å². The lowest BCUT2D eigenvalue weighted by Gasteiger charge is -2.36. The summed E-state index contributed by atoms with van der Waals surface area (Å²) in [5, 5.41) is 7.37. The van der Waals surface area contributed by atoms with Crippen molar-refractivity contribution < 1.29 is 13.2 Å². The molecule has 3 aliphatic heterocycles. The van der Waals surface area contributed by atoms with Crippen LogP contribution in [0.25, 0.3) is 0 Å². The van der Waals surface area contributed by atoms with Crippen LogP contribution >= 0.6 is 0 Å². The van der Waals surface area contributed by atoms with Crippen molar-refractivity contribution in [3.8, 4) is 0 Å². The Hall–Kier alpha value is -1.45. The van der Waals surface area contributed by atoms with Gasteiger partial charge in [0.1, 0.15) is 0 Å². The van der Waals surface area contributed by atoms with Gasteiger partial charge in [0.25, 0.3) is 16.1 Å². The van der Waals surface area contributed by atoms with E-state index >= 15 is 0 Å². The van der Waals surface area contributed by atoms with Gasteiger partial charge in [0.15, 0.2) is 5.69 Å². The largest absolute Gasteiger partial charge is 0.333 e. The summed E-state index contributed by atoms with van der Waals surface area (Å²) >= 11 is 0. The van der Waals surface area contributed by atoms with E-state index in [1.807, 2.05) is 4.90 Å². The van der Waals surface area contributed by atoms with Gasteiger partial charge in [0.2, 0.25) is 0 Å². The average Bonchev–Trinajstić information content (AvgIpc) is 2.82. The highest BCUT2D eigenvalue weighted by Crippen LogP contribution is 2.32. The van der Waals surface area contributed by atoms with E-state index in [1.54, 1.807) is 18.4 Å². The smallest absolute Gasteiger partial charge is 0.281 e. The number of aromatic amines is 1. The van der Waals surface area contributed by atoms with E-state index in [4.69, 9.17) is 0 Å². The molecule has 0 unspecified atom stereocenters. The molecular weight excluding hydrogens is 354 g/mol. The van der Waals surface area contributed by atoms with Crippen LogP contribution in [0.4, 0.5) is 0 Å².